The molecule has 92 valence electrons. The first-order valence-corrected chi connectivity index (χ1v) is 7.13. The van der Waals surface area contributed by atoms with Gasteiger partial charge in [0.25, 0.3) is 0 Å². The van der Waals surface area contributed by atoms with Crippen molar-refractivity contribution < 1.29 is 13.3 Å². The van der Waals surface area contributed by atoms with E-state index in [9.17, 15) is 13.6 Å². The van der Waals surface area contributed by atoms with E-state index in [1.54, 1.807) is 18.2 Å². The largest absolute Gasteiger partial charge is 0.620 e. The Morgan fingerprint density at radius 3 is 2.56 bits per heavy atom. The Bertz CT molecular complexity index is 745. The lowest BCUT2D eigenvalue weighted by atomic mass is 9.93. The highest BCUT2D eigenvalue weighted by Gasteiger charge is 2.29. The summed E-state index contributed by atoms with van der Waals surface area (Å²) >= 11 is 0. The lowest BCUT2D eigenvalue weighted by molar-refractivity contribution is -0.417. The summed E-state index contributed by atoms with van der Waals surface area (Å²) in [5.74, 6) is 0. The molecule has 4 nitrogen and oxygen atoms in total. The molecule has 5 heteroatoms. The molecule has 1 atom stereocenters. The van der Waals surface area contributed by atoms with Crippen molar-refractivity contribution >= 4 is 26.9 Å². The summed E-state index contributed by atoms with van der Waals surface area (Å²) in [6, 6.07) is 11.3. The van der Waals surface area contributed by atoms with Crippen LogP contribution in [0.3, 0.4) is 0 Å². The van der Waals surface area contributed by atoms with Crippen molar-refractivity contribution in [3.8, 4) is 0 Å². The van der Waals surface area contributed by atoms with Crippen molar-refractivity contribution in [1.82, 2.24) is 0 Å². The van der Waals surface area contributed by atoms with Gasteiger partial charge in [-0.05, 0) is 21.9 Å². The number of primary sulfonamides is 1. The number of rotatable bonds is 2. The topological polar surface area (TPSA) is 73.8 Å². The van der Waals surface area contributed by atoms with E-state index >= 15 is 0 Å². The average molecular weight is 261 g/mol. The predicted molar refractivity (Wildman–Crippen MR) is 69.9 cm³/mol. The maximum absolute atomic E-state index is 11.8. The summed E-state index contributed by atoms with van der Waals surface area (Å²) < 4.78 is 23.6. The predicted octanol–water partition coefficient (Wildman–Crippen LogP) is 1.30. The van der Waals surface area contributed by atoms with Gasteiger partial charge in [-0.3, -0.25) is 4.89 Å². The summed E-state index contributed by atoms with van der Waals surface area (Å²) in [7, 11) is -3.78. The second kappa shape index (κ2) is 3.91. The van der Waals surface area contributed by atoms with Gasteiger partial charge in [-0.25, -0.2) is 0 Å². The van der Waals surface area contributed by atoms with Gasteiger partial charge in [0.1, 0.15) is 0 Å². The molecular formula is C13H11NO3S. The van der Waals surface area contributed by atoms with Gasteiger partial charge in [-0.1, -0.05) is 48.6 Å². The lowest BCUT2D eigenvalue weighted by Gasteiger charge is -2.20. The molecule has 0 aromatic heterocycles. The highest BCUT2D eigenvalue weighted by molar-refractivity contribution is 7.85. The molecule has 0 amide bonds. The van der Waals surface area contributed by atoms with E-state index in [1.165, 1.54) is 0 Å². The second-order valence-electron chi connectivity index (χ2n) is 4.26. The molecule has 2 N–H and O–H groups in total. The van der Waals surface area contributed by atoms with Crippen LogP contribution in [-0.4, -0.2) is 8.42 Å². The number of sulfonamides is 1. The molecule has 1 aliphatic rings. The molecule has 2 aromatic rings. The Kier molecular flexibility index (Phi) is 2.48. The van der Waals surface area contributed by atoms with Crippen molar-refractivity contribution in [1.29, 1.82) is 0 Å². The average Bonchev–Trinajstić information content (AvgIpc) is 2.39. The van der Waals surface area contributed by atoms with Gasteiger partial charge in [-0.15, -0.1) is 0 Å². The molecule has 1 aliphatic carbocycles. The fourth-order valence-electron chi connectivity index (χ4n) is 2.42. The molecule has 0 saturated carbocycles. The van der Waals surface area contributed by atoms with Gasteiger partial charge < -0.3 is 5.21 Å². The van der Waals surface area contributed by atoms with Crippen LogP contribution in [-0.2, 0) is 10.0 Å². The molecule has 18 heavy (non-hydrogen) atoms. The molecule has 2 aromatic carbocycles. The van der Waals surface area contributed by atoms with Crippen LogP contribution in [0.25, 0.3) is 16.8 Å². The molecule has 0 heterocycles. The minimum Gasteiger partial charge on any atom is -0.620 e. The van der Waals surface area contributed by atoms with Crippen LogP contribution in [0.1, 0.15) is 16.4 Å². The summed E-state index contributed by atoms with van der Waals surface area (Å²) in [5.41, 5.74) is 1.66. The molecule has 0 radical (unpaired) electrons. The normalized spacial score (nSPS) is 18.2. The Balaban J connectivity index is 2.35. The van der Waals surface area contributed by atoms with Crippen molar-refractivity contribution in [2.75, 3.05) is 0 Å². The zero-order valence-corrected chi connectivity index (χ0v) is 10.2. The van der Waals surface area contributed by atoms with Crippen LogP contribution in [0.2, 0.25) is 0 Å². The molecule has 3 rings (SSSR count). The monoisotopic (exact) mass is 261 g/mol. The Labute approximate surface area is 105 Å². The summed E-state index contributed by atoms with van der Waals surface area (Å²) in [4.78, 5) is 0.0365. The van der Waals surface area contributed by atoms with E-state index in [0.29, 0.717) is 5.56 Å². The maximum Gasteiger partial charge on any atom is 0.304 e. The summed E-state index contributed by atoms with van der Waals surface area (Å²) in [6.45, 7) is 0. The third-order valence-electron chi connectivity index (χ3n) is 3.21. The first-order valence-electron chi connectivity index (χ1n) is 5.52. The van der Waals surface area contributed by atoms with E-state index in [1.807, 2.05) is 30.3 Å². The number of hydrogen-bond acceptors (Lipinski definition) is 3. The molecule has 0 bridgehead atoms. The number of hydrogen-bond donors (Lipinski definition) is 1. The van der Waals surface area contributed by atoms with Crippen LogP contribution >= 0.6 is 0 Å². The quantitative estimate of drug-likeness (QED) is 0.828. The highest BCUT2D eigenvalue weighted by Crippen LogP contribution is 2.36. The smallest absolute Gasteiger partial charge is 0.304 e. The van der Waals surface area contributed by atoms with Crippen LogP contribution in [0.4, 0.5) is 0 Å². The van der Waals surface area contributed by atoms with Gasteiger partial charge in [0.2, 0.25) is 0 Å². The van der Waals surface area contributed by atoms with E-state index in [2.05, 4.69) is 0 Å². The molecule has 0 fully saturated rings. The Hall–Kier alpha value is -1.69. The maximum atomic E-state index is 11.8. The molecule has 0 saturated heterocycles. The van der Waals surface area contributed by atoms with Crippen molar-refractivity contribution in [3.63, 3.8) is 0 Å². The molecule has 1 unspecified atom stereocenters. The van der Waals surface area contributed by atoms with E-state index in [-0.39, 0.29) is 4.89 Å². The summed E-state index contributed by atoms with van der Waals surface area (Å²) in [6.07, 6.45) is 3.34. The Morgan fingerprint density at radius 2 is 1.83 bits per heavy atom. The second-order valence-corrected chi connectivity index (χ2v) is 6.14. The van der Waals surface area contributed by atoms with Crippen molar-refractivity contribution in [2.24, 2.45) is 0 Å². The number of quaternary nitrogens is 1. The van der Waals surface area contributed by atoms with Crippen LogP contribution in [0, 0.1) is 5.21 Å². The summed E-state index contributed by atoms with van der Waals surface area (Å²) in [5, 5.41) is 11.8. The van der Waals surface area contributed by atoms with E-state index in [4.69, 9.17) is 0 Å². The fraction of sp³-hybridized carbons (Fsp3) is 0.0769. The first-order chi connectivity index (χ1) is 8.63. The number of benzene rings is 2. The van der Waals surface area contributed by atoms with Gasteiger partial charge in [0.05, 0.1) is 0 Å². The molecule has 0 aliphatic heterocycles. The van der Waals surface area contributed by atoms with Gasteiger partial charge in [0.15, 0.2) is 5.25 Å². The minimum absolute atomic E-state index is 0.0365. The zero-order chi connectivity index (χ0) is 12.8. The number of nitrogens with two attached hydrogens (primary N) is 1. The minimum atomic E-state index is -3.78. The third kappa shape index (κ3) is 1.56. The van der Waals surface area contributed by atoms with E-state index in [0.717, 1.165) is 16.3 Å². The fourth-order valence-corrected chi connectivity index (χ4v) is 3.38. The van der Waals surface area contributed by atoms with Gasteiger partial charge in [-0.2, -0.15) is 8.42 Å². The van der Waals surface area contributed by atoms with Crippen LogP contribution < -0.4 is 4.89 Å². The standard InChI is InChI=1S/C13H11NO3S/c15-14-18(16,17)12-8-7-10-4-1-3-9-5-2-6-11(12)13(9)10/h1-8,12H,14H2. The van der Waals surface area contributed by atoms with E-state index < -0.39 is 15.3 Å². The van der Waals surface area contributed by atoms with Gasteiger partial charge >= 0.3 is 10.0 Å². The SMILES string of the molecule is O=S(=O)([NH2+][O-])C1C=Cc2cccc3cccc1c23. The zero-order valence-electron chi connectivity index (χ0n) is 9.41. The van der Waals surface area contributed by atoms with Crippen molar-refractivity contribution in [3.05, 3.63) is 58.8 Å². The molecule has 0 spiro atoms. The van der Waals surface area contributed by atoms with Crippen molar-refractivity contribution in [2.45, 2.75) is 5.25 Å². The Morgan fingerprint density at radius 1 is 1.11 bits per heavy atom. The lowest BCUT2D eigenvalue weighted by Crippen LogP contribution is -2.81. The van der Waals surface area contributed by atoms with Gasteiger partial charge in [0, 0.05) is 0 Å². The van der Waals surface area contributed by atoms with Crippen LogP contribution in [0.5, 0.6) is 0 Å². The highest BCUT2D eigenvalue weighted by atomic mass is 32.2. The molecular weight excluding hydrogens is 250 g/mol. The first kappa shape index (κ1) is 11.4. The third-order valence-corrected chi connectivity index (χ3v) is 4.60. The van der Waals surface area contributed by atoms with Crippen LogP contribution in [0.15, 0.2) is 42.5 Å².